The fourth-order valence-corrected chi connectivity index (χ4v) is 2.36. The molecule has 0 bridgehead atoms. The minimum Gasteiger partial charge on any atom is -0.443 e. The average Bonchev–Trinajstić information content (AvgIpc) is 2.84. The van der Waals surface area contributed by atoms with Gasteiger partial charge in [0.1, 0.15) is 6.61 Å². The Bertz CT molecular complexity index is 620. The van der Waals surface area contributed by atoms with E-state index in [9.17, 15) is 4.79 Å². The molecule has 1 aromatic heterocycles. The number of aryl methyl sites for hydroxylation is 1. The quantitative estimate of drug-likeness (QED) is 0.842. The molecule has 0 saturated heterocycles. The molecular formula is C15H16N2O3. The van der Waals surface area contributed by atoms with Crippen molar-refractivity contribution in [3.8, 4) is 0 Å². The van der Waals surface area contributed by atoms with E-state index >= 15 is 0 Å². The molecule has 0 atom stereocenters. The molecule has 0 N–H and O–H groups in total. The number of carbonyl (C=O) groups is 1. The fraction of sp³-hybridized carbons (Fsp3) is 0.333. The number of ether oxygens (including phenoxy) is 2. The van der Waals surface area contributed by atoms with E-state index in [4.69, 9.17) is 9.47 Å². The molecule has 20 heavy (non-hydrogen) atoms. The summed E-state index contributed by atoms with van der Waals surface area (Å²) in [5.41, 5.74) is 3.74. The number of carbonyl (C=O) groups excluding carboxylic acids is 1. The van der Waals surface area contributed by atoms with Crippen molar-refractivity contribution in [3.63, 3.8) is 0 Å². The van der Waals surface area contributed by atoms with Crippen LogP contribution >= 0.6 is 0 Å². The van der Waals surface area contributed by atoms with Gasteiger partial charge in [-0.15, -0.1) is 0 Å². The van der Waals surface area contributed by atoms with Gasteiger partial charge in [0.25, 0.3) is 0 Å². The van der Waals surface area contributed by atoms with Crippen molar-refractivity contribution in [2.24, 2.45) is 0 Å². The Labute approximate surface area is 117 Å². The van der Waals surface area contributed by atoms with Crippen molar-refractivity contribution in [1.82, 2.24) is 9.78 Å². The van der Waals surface area contributed by atoms with Crippen molar-refractivity contribution in [2.45, 2.75) is 26.6 Å². The highest BCUT2D eigenvalue weighted by atomic mass is 16.6. The number of nitrogens with zero attached hydrogens (tertiary/aromatic N) is 2. The van der Waals surface area contributed by atoms with Crippen molar-refractivity contribution in [1.29, 1.82) is 0 Å². The van der Waals surface area contributed by atoms with Gasteiger partial charge >= 0.3 is 6.09 Å². The zero-order chi connectivity index (χ0) is 13.9. The smallest absolute Gasteiger partial charge is 0.435 e. The van der Waals surface area contributed by atoms with Crippen molar-refractivity contribution >= 4 is 6.09 Å². The molecule has 1 aliphatic heterocycles. The SMILES string of the molecule is Cc1nn(C(=O)OCc2ccccc2)c2c1CCOC2. The standard InChI is InChI=1S/C15H16N2O3/c1-11-13-7-8-19-10-14(13)17(16-11)15(18)20-9-12-5-3-2-4-6-12/h2-6H,7-10H2,1H3. The molecular weight excluding hydrogens is 256 g/mol. The molecule has 2 heterocycles. The Hall–Kier alpha value is -2.14. The van der Waals surface area contributed by atoms with Crippen molar-refractivity contribution in [2.75, 3.05) is 6.61 Å². The van der Waals surface area contributed by atoms with E-state index in [2.05, 4.69) is 5.10 Å². The van der Waals surface area contributed by atoms with Crippen LogP contribution in [0.2, 0.25) is 0 Å². The van der Waals surface area contributed by atoms with Gasteiger partial charge in [0.2, 0.25) is 0 Å². The van der Waals surface area contributed by atoms with Crippen molar-refractivity contribution < 1.29 is 14.3 Å². The first-order valence-corrected chi connectivity index (χ1v) is 6.62. The first kappa shape index (κ1) is 12.9. The van der Waals surface area contributed by atoms with Crippen LogP contribution in [0, 0.1) is 6.92 Å². The first-order valence-electron chi connectivity index (χ1n) is 6.62. The topological polar surface area (TPSA) is 53.4 Å². The maximum absolute atomic E-state index is 12.1. The lowest BCUT2D eigenvalue weighted by Gasteiger charge is -2.14. The van der Waals surface area contributed by atoms with Crippen LogP contribution in [-0.4, -0.2) is 22.5 Å². The van der Waals surface area contributed by atoms with Crippen LogP contribution in [-0.2, 0) is 29.1 Å². The largest absolute Gasteiger partial charge is 0.443 e. The van der Waals surface area contributed by atoms with Gasteiger partial charge in [0.15, 0.2) is 0 Å². The summed E-state index contributed by atoms with van der Waals surface area (Å²) in [6.45, 7) is 3.24. The van der Waals surface area contributed by atoms with Crippen LogP contribution in [0.3, 0.4) is 0 Å². The summed E-state index contributed by atoms with van der Waals surface area (Å²) >= 11 is 0. The highest BCUT2D eigenvalue weighted by Crippen LogP contribution is 2.20. The molecule has 0 aliphatic carbocycles. The summed E-state index contributed by atoms with van der Waals surface area (Å²) in [4.78, 5) is 12.1. The van der Waals surface area contributed by atoms with E-state index in [0.29, 0.717) is 13.2 Å². The zero-order valence-electron chi connectivity index (χ0n) is 11.3. The summed E-state index contributed by atoms with van der Waals surface area (Å²) in [6.07, 6.45) is 0.344. The second-order valence-corrected chi connectivity index (χ2v) is 4.77. The molecule has 104 valence electrons. The Kier molecular flexibility index (Phi) is 3.52. The third-order valence-electron chi connectivity index (χ3n) is 3.40. The third kappa shape index (κ3) is 2.44. The number of aromatic nitrogens is 2. The van der Waals surface area contributed by atoms with E-state index in [1.807, 2.05) is 37.3 Å². The molecule has 1 aliphatic rings. The second-order valence-electron chi connectivity index (χ2n) is 4.77. The number of hydrogen-bond donors (Lipinski definition) is 0. The Morgan fingerprint density at radius 1 is 1.40 bits per heavy atom. The minimum absolute atomic E-state index is 0.244. The lowest BCUT2D eigenvalue weighted by molar-refractivity contribution is 0.0991. The van der Waals surface area contributed by atoms with E-state index in [0.717, 1.165) is 28.9 Å². The monoisotopic (exact) mass is 272 g/mol. The van der Waals surface area contributed by atoms with Crippen molar-refractivity contribution in [3.05, 3.63) is 52.8 Å². The zero-order valence-corrected chi connectivity index (χ0v) is 11.3. The van der Waals surface area contributed by atoms with E-state index < -0.39 is 6.09 Å². The summed E-state index contributed by atoms with van der Waals surface area (Å²) in [5.74, 6) is 0. The second kappa shape index (κ2) is 5.46. The predicted octanol–water partition coefficient (Wildman–Crippen LogP) is 2.45. The summed E-state index contributed by atoms with van der Waals surface area (Å²) < 4.78 is 12.0. The molecule has 0 unspecified atom stereocenters. The molecule has 2 aromatic rings. The summed E-state index contributed by atoms with van der Waals surface area (Å²) in [6, 6.07) is 9.59. The first-order chi connectivity index (χ1) is 9.75. The average molecular weight is 272 g/mol. The number of hydrogen-bond acceptors (Lipinski definition) is 4. The molecule has 0 saturated carbocycles. The molecule has 0 radical (unpaired) electrons. The fourth-order valence-electron chi connectivity index (χ4n) is 2.36. The van der Waals surface area contributed by atoms with Gasteiger partial charge in [-0.05, 0) is 18.9 Å². The normalized spacial score (nSPS) is 13.8. The minimum atomic E-state index is -0.455. The van der Waals surface area contributed by atoms with E-state index in [1.54, 1.807) is 0 Å². The van der Waals surface area contributed by atoms with Crippen LogP contribution in [0.1, 0.15) is 22.5 Å². The van der Waals surface area contributed by atoms with Gasteiger partial charge in [-0.2, -0.15) is 9.78 Å². The van der Waals surface area contributed by atoms with E-state index in [1.165, 1.54) is 4.68 Å². The molecule has 0 spiro atoms. The molecule has 0 fully saturated rings. The lowest BCUT2D eigenvalue weighted by atomic mass is 10.1. The Morgan fingerprint density at radius 3 is 3.00 bits per heavy atom. The summed E-state index contributed by atoms with van der Waals surface area (Å²) in [7, 11) is 0. The van der Waals surface area contributed by atoms with Gasteiger partial charge in [0.05, 0.1) is 24.6 Å². The van der Waals surface area contributed by atoms with Crippen LogP contribution < -0.4 is 0 Å². The summed E-state index contributed by atoms with van der Waals surface area (Å²) in [5, 5.41) is 4.27. The maximum atomic E-state index is 12.1. The van der Waals surface area contributed by atoms with E-state index in [-0.39, 0.29) is 6.61 Å². The van der Waals surface area contributed by atoms with Gasteiger partial charge in [-0.25, -0.2) is 4.79 Å². The van der Waals surface area contributed by atoms with Gasteiger partial charge in [-0.1, -0.05) is 30.3 Å². The molecule has 3 rings (SSSR count). The molecule has 5 nitrogen and oxygen atoms in total. The van der Waals surface area contributed by atoms with Gasteiger partial charge < -0.3 is 9.47 Å². The molecule has 5 heteroatoms. The number of fused-ring (bicyclic) bond motifs is 1. The van der Waals surface area contributed by atoms with Crippen LogP contribution in [0.15, 0.2) is 30.3 Å². The number of benzene rings is 1. The van der Waals surface area contributed by atoms with Gasteiger partial charge in [-0.3, -0.25) is 0 Å². The number of rotatable bonds is 2. The lowest BCUT2D eigenvalue weighted by Crippen LogP contribution is -2.21. The van der Waals surface area contributed by atoms with Crippen LogP contribution in [0.25, 0.3) is 0 Å². The Balaban J connectivity index is 1.74. The van der Waals surface area contributed by atoms with Crippen LogP contribution in [0.4, 0.5) is 4.79 Å². The maximum Gasteiger partial charge on any atom is 0.435 e. The predicted molar refractivity (Wildman–Crippen MR) is 72.3 cm³/mol. The molecule has 0 amide bonds. The van der Waals surface area contributed by atoms with Gasteiger partial charge in [0, 0.05) is 5.56 Å². The molecule has 1 aromatic carbocycles. The highest BCUT2D eigenvalue weighted by Gasteiger charge is 2.23. The van der Waals surface area contributed by atoms with Crippen LogP contribution in [0.5, 0.6) is 0 Å². The highest BCUT2D eigenvalue weighted by molar-refractivity contribution is 5.71. The third-order valence-corrected chi connectivity index (χ3v) is 3.40. The Morgan fingerprint density at radius 2 is 2.20 bits per heavy atom.